The molecular weight excluding hydrogens is 410 g/mol. The van der Waals surface area contributed by atoms with E-state index < -0.39 is 15.9 Å². The highest BCUT2D eigenvalue weighted by Gasteiger charge is 2.48. The van der Waals surface area contributed by atoms with Crippen LogP contribution in [0.2, 0.25) is 0 Å². The monoisotopic (exact) mass is 431 g/mol. The second-order valence-electron chi connectivity index (χ2n) is 7.74. The van der Waals surface area contributed by atoms with Crippen molar-refractivity contribution in [1.82, 2.24) is 14.6 Å². The molecule has 0 bridgehead atoms. The lowest BCUT2D eigenvalue weighted by atomic mass is 10.0. The van der Waals surface area contributed by atoms with Gasteiger partial charge in [0, 0.05) is 29.4 Å². The van der Waals surface area contributed by atoms with Crippen molar-refractivity contribution in [3.8, 4) is 0 Å². The zero-order valence-electron chi connectivity index (χ0n) is 15.8. The molecule has 1 aliphatic heterocycles. The average molecular weight is 432 g/mol. The second-order valence-corrected chi connectivity index (χ2v) is 10.7. The Balaban J connectivity index is 1.27. The van der Waals surface area contributed by atoms with Gasteiger partial charge in [0.1, 0.15) is 4.90 Å². The first-order chi connectivity index (χ1) is 13.9. The van der Waals surface area contributed by atoms with Gasteiger partial charge < -0.3 is 5.32 Å². The molecule has 2 aliphatic carbocycles. The predicted molar refractivity (Wildman–Crippen MR) is 108 cm³/mol. The molecule has 2 heterocycles. The van der Waals surface area contributed by atoms with Gasteiger partial charge in [-0.05, 0) is 56.7 Å². The number of hydrogen-bond donors (Lipinski definition) is 1. The lowest BCUT2D eigenvalue weighted by Crippen LogP contribution is -2.32. The molecule has 0 saturated heterocycles. The summed E-state index contributed by atoms with van der Waals surface area (Å²) in [4.78, 5) is 30.9. The van der Waals surface area contributed by atoms with Gasteiger partial charge >= 0.3 is 0 Å². The minimum Gasteiger partial charge on any atom is -0.352 e. The van der Waals surface area contributed by atoms with Crippen LogP contribution in [0, 0.1) is 0 Å². The van der Waals surface area contributed by atoms with E-state index in [0.29, 0.717) is 25.8 Å². The Bertz CT molecular complexity index is 1100. The normalized spacial score (nSPS) is 19.7. The van der Waals surface area contributed by atoms with Crippen LogP contribution >= 0.6 is 11.3 Å². The average Bonchev–Trinajstić information content (AvgIpc) is 3.40. The highest BCUT2D eigenvalue weighted by atomic mass is 32.2. The molecule has 3 aliphatic rings. The maximum absolute atomic E-state index is 12.7. The molecule has 0 spiro atoms. The molecule has 2 aromatic rings. The van der Waals surface area contributed by atoms with Crippen LogP contribution in [0.5, 0.6) is 0 Å². The smallest absolute Gasteiger partial charge is 0.269 e. The van der Waals surface area contributed by atoms with Crippen molar-refractivity contribution in [2.75, 3.05) is 6.54 Å². The van der Waals surface area contributed by atoms with Gasteiger partial charge in [-0.3, -0.25) is 9.59 Å². The van der Waals surface area contributed by atoms with Crippen LogP contribution in [0.1, 0.15) is 62.0 Å². The summed E-state index contributed by atoms with van der Waals surface area (Å²) in [7, 11) is -3.86. The van der Waals surface area contributed by atoms with Crippen molar-refractivity contribution >= 4 is 33.2 Å². The van der Waals surface area contributed by atoms with E-state index in [0.717, 1.165) is 22.2 Å². The SMILES string of the molecule is O=C(NCCc1nc2c(s1)CCCC2)c1ccc2c(c1)S(=O)(=O)N(C1CC1)C2=O. The lowest BCUT2D eigenvalue weighted by molar-refractivity contribution is 0.0863. The summed E-state index contributed by atoms with van der Waals surface area (Å²) < 4.78 is 26.4. The third kappa shape index (κ3) is 3.26. The van der Waals surface area contributed by atoms with Crippen LogP contribution in [0.4, 0.5) is 0 Å². The number of fused-ring (bicyclic) bond motifs is 2. The van der Waals surface area contributed by atoms with Crippen molar-refractivity contribution < 1.29 is 18.0 Å². The molecule has 1 aromatic heterocycles. The molecule has 0 unspecified atom stereocenters. The Kier molecular flexibility index (Phi) is 4.47. The molecule has 0 radical (unpaired) electrons. The topological polar surface area (TPSA) is 96.4 Å². The number of sulfonamides is 1. The summed E-state index contributed by atoms with van der Waals surface area (Å²) in [6, 6.07) is 4.05. The van der Waals surface area contributed by atoms with Gasteiger partial charge in [0.25, 0.3) is 21.8 Å². The predicted octanol–water partition coefficient (Wildman–Crippen LogP) is 2.30. The van der Waals surface area contributed by atoms with E-state index in [2.05, 4.69) is 10.3 Å². The number of carbonyl (C=O) groups is 2. The molecule has 9 heteroatoms. The van der Waals surface area contributed by atoms with E-state index in [1.807, 2.05) is 0 Å². The van der Waals surface area contributed by atoms with Crippen LogP contribution in [-0.4, -0.2) is 42.1 Å². The molecule has 29 heavy (non-hydrogen) atoms. The highest BCUT2D eigenvalue weighted by Crippen LogP contribution is 2.39. The molecule has 1 aromatic carbocycles. The first-order valence-electron chi connectivity index (χ1n) is 9.93. The van der Waals surface area contributed by atoms with Crippen molar-refractivity contribution in [2.45, 2.75) is 55.9 Å². The lowest BCUT2D eigenvalue weighted by Gasteiger charge is -2.13. The minimum atomic E-state index is -3.86. The number of thiazole rings is 1. The Morgan fingerprint density at radius 3 is 2.79 bits per heavy atom. The zero-order chi connectivity index (χ0) is 20.2. The number of rotatable bonds is 5. The fourth-order valence-electron chi connectivity index (χ4n) is 3.96. The van der Waals surface area contributed by atoms with Crippen LogP contribution in [0.25, 0.3) is 0 Å². The van der Waals surface area contributed by atoms with Crippen molar-refractivity contribution in [2.24, 2.45) is 0 Å². The van der Waals surface area contributed by atoms with E-state index in [1.165, 1.54) is 41.6 Å². The number of aryl methyl sites for hydroxylation is 2. The molecular formula is C20H21N3O4S2. The Labute approximate surface area is 173 Å². The van der Waals surface area contributed by atoms with Crippen LogP contribution in [0.15, 0.2) is 23.1 Å². The van der Waals surface area contributed by atoms with Gasteiger partial charge in [-0.25, -0.2) is 17.7 Å². The summed E-state index contributed by atoms with van der Waals surface area (Å²) in [5, 5.41) is 3.87. The van der Waals surface area contributed by atoms with Crippen LogP contribution in [-0.2, 0) is 29.3 Å². The third-order valence-electron chi connectivity index (χ3n) is 5.60. The van der Waals surface area contributed by atoms with Gasteiger partial charge in [0.05, 0.1) is 16.3 Å². The van der Waals surface area contributed by atoms with E-state index in [1.54, 1.807) is 11.3 Å². The van der Waals surface area contributed by atoms with Gasteiger partial charge in [-0.15, -0.1) is 11.3 Å². The second kappa shape index (κ2) is 6.91. The van der Waals surface area contributed by atoms with Crippen molar-refractivity contribution in [1.29, 1.82) is 0 Å². The van der Waals surface area contributed by atoms with Crippen LogP contribution in [0.3, 0.4) is 0 Å². The molecule has 1 N–H and O–H groups in total. The van der Waals surface area contributed by atoms with Crippen molar-refractivity contribution in [3.63, 3.8) is 0 Å². The number of hydrogen-bond acceptors (Lipinski definition) is 6. The number of carbonyl (C=O) groups excluding carboxylic acids is 2. The first-order valence-corrected chi connectivity index (χ1v) is 12.2. The highest BCUT2D eigenvalue weighted by molar-refractivity contribution is 7.90. The maximum Gasteiger partial charge on any atom is 0.269 e. The Hall–Kier alpha value is -2.26. The molecule has 152 valence electrons. The molecule has 0 atom stereocenters. The van der Waals surface area contributed by atoms with E-state index in [4.69, 9.17) is 0 Å². The standard InChI is InChI=1S/C20H21N3O4S2/c24-19(21-10-9-18-22-15-3-1-2-4-16(15)28-18)12-5-8-14-17(11-12)29(26,27)23(20(14)25)13-6-7-13/h5,8,11,13H,1-4,6-7,9-10H2,(H,21,24). The number of nitrogens with zero attached hydrogens (tertiary/aromatic N) is 2. The number of amides is 2. The van der Waals surface area contributed by atoms with Gasteiger partial charge in [0.15, 0.2) is 0 Å². The summed E-state index contributed by atoms with van der Waals surface area (Å²) in [6.07, 6.45) is 6.60. The van der Waals surface area contributed by atoms with Crippen LogP contribution < -0.4 is 5.32 Å². The molecule has 2 amide bonds. The fraction of sp³-hybridized carbons (Fsp3) is 0.450. The number of benzene rings is 1. The quantitative estimate of drug-likeness (QED) is 0.784. The molecule has 7 nitrogen and oxygen atoms in total. The fourth-order valence-corrected chi connectivity index (χ4v) is 6.95. The summed E-state index contributed by atoms with van der Waals surface area (Å²) in [5.74, 6) is -0.830. The van der Waals surface area contributed by atoms with Crippen molar-refractivity contribution in [3.05, 3.63) is 44.9 Å². The summed E-state index contributed by atoms with van der Waals surface area (Å²) in [6.45, 7) is 0.433. The number of aromatic nitrogens is 1. The third-order valence-corrected chi connectivity index (χ3v) is 8.70. The minimum absolute atomic E-state index is 0.0605. The van der Waals surface area contributed by atoms with Gasteiger partial charge in [-0.1, -0.05) is 0 Å². The summed E-state index contributed by atoms with van der Waals surface area (Å²) >= 11 is 1.72. The maximum atomic E-state index is 12.7. The zero-order valence-corrected chi connectivity index (χ0v) is 17.4. The van der Waals surface area contributed by atoms with E-state index in [-0.39, 0.29) is 28.0 Å². The van der Waals surface area contributed by atoms with E-state index >= 15 is 0 Å². The van der Waals surface area contributed by atoms with Gasteiger partial charge in [-0.2, -0.15) is 0 Å². The molecule has 5 rings (SSSR count). The first kappa shape index (κ1) is 18.7. The Morgan fingerprint density at radius 1 is 1.24 bits per heavy atom. The van der Waals surface area contributed by atoms with Gasteiger partial charge in [0.2, 0.25) is 0 Å². The molecule has 1 fully saturated rings. The largest absolute Gasteiger partial charge is 0.352 e. The number of nitrogens with one attached hydrogen (secondary N) is 1. The molecule has 1 saturated carbocycles. The Morgan fingerprint density at radius 2 is 2.03 bits per heavy atom. The summed E-state index contributed by atoms with van der Waals surface area (Å²) in [5.41, 5.74) is 1.61. The van der Waals surface area contributed by atoms with E-state index in [9.17, 15) is 18.0 Å².